The summed E-state index contributed by atoms with van der Waals surface area (Å²) in [6.45, 7) is 2.22. The lowest BCUT2D eigenvalue weighted by molar-refractivity contribution is -0.118. The third-order valence-corrected chi connectivity index (χ3v) is 4.60. The van der Waals surface area contributed by atoms with E-state index >= 15 is 0 Å². The number of rotatable bonds is 7. The van der Waals surface area contributed by atoms with Crippen molar-refractivity contribution < 1.29 is 14.0 Å². The molecule has 0 saturated carbocycles. The first kappa shape index (κ1) is 19.5. The number of hydrogen-bond donors (Lipinski definition) is 2. The van der Waals surface area contributed by atoms with E-state index < -0.39 is 0 Å². The Labute approximate surface area is 158 Å². The van der Waals surface area contributed by atoms with Gasteiger partial charge in [-0.05, 0) is 42.8 Å². The highest BCUT2D eigenvalue weighted by Crippen LogP contribution is 2.15. The lowest BCUT2D eigenvalue weighted by atomic mass is 10.2. The summed E-state index contributed by atoms with van der Waals surface area (Å²) in [7, 11) is 0. The molecule has 0 bridgehead atoms. The van der Waals surface area contributed by atoms with Gasteiger partial charge in [-0.1, -0.05) is 33.6 Å². The van der Waals surface area contributed by atoms with Crippen LogP contribution >= 0.6 is 27.7 Å². The van der Waals surface area contributed by atoms with Crippen LogP contribution in [0.15, 0.2) is 46.9 Å². The first-order valence-electron chi connectivity index (χ1n) is 7.58. The molecule has 2 N–H and O–H groups in total. The monoisotopic (exact) mass is 424 g/mol. The number of hydrogen-bond acceptors (Lipinski definition) is 3. The number of anilines is 1. The van der Waals surface area contributed by atoms with Crippen LogP contribution in [0.3, 0.4) is 0 Å². The zero-order valence-electron chi connectivity index (χ0n) is 13.6. The maximum atomic E-state index is 13.3. The number of carbonyl (C=O) groups is 2. The summed E-state index contributed by atoms with van der Waals surface area (Å²) in [5, 5.41) is 5.48. The lowest BCUT2D eigenvalue weighted by Crippen LogP contribution is -2.25. The van der Waals surface area contributed by atoms with Crippen molar-refractivity contribution in [3.05, 3.63) is 63.9 Å². The van der Waals surface area contributed by atoms with Crippen LogP contribution in [0, 0.1) is 12.7 Å². The number of benzene rings is 2. The fourth-order valence-electron chi connectivity index (χ4n) is 2.04. The summed E-state index contributed by atoms with van der Waals surface area (Å²) in [6.07, 6.45) is 0. The van der Waals surface area contributed by atoms with Gasteiger partial charge in [0.2, 0.25) is 11.8 Å². The van der Waals surface area contributed by atoms with Crippen LogP contribution in [0.2, 0.25) is 0 Å². The van der Waals surface area contributed by atoms with Gasteiger partial charge in [-0.25, -0.2) is 4.39 Å². The van der Waals surface area contributed by atoms with Crippen LogP contribution in [-0.2, 0) is 16.1 Å². The third-order valence-electron chi connectivity index (χ3n) is 3.21. The van der Waals surface area contributed by atoms with E-state index in [0.29, 0.717) is 10.0 Å². The minimum Gasteiger partial charge on any atom is -0.351 e. The smallest absolute Gasteiger partial charge is 0.234 e. The first-order valence-corrected chi connectivity index (χ1v) is 9.53. The van der Waals surface area contributed by atoms with Gasteiger partial charge in [-0.15, -0.1) is 11.8 Å². The molecule has 0 spiro atoms. The molecular weight excluding hydrogens is 407 g/mol. The molecule has 2 aromatic rings. The maximum absolute atomic E-state index is 13.3. The van der Waals surface area contributed by atoms with Gasteiger partial charge in [0.1, 0.15) is 5.82 Å². The van der Waals surface area contributed by atoms with E-state index in [4.69, 9.17) is 0 Å². The van der Waals surface area contributed by atoms with Crippen molar-refractivity contribution in [2.24, 2.45) is 0 Å². The van der Waals surface area contributed by atoms with Crippen molar-refractivity contribution in [1.29, 1.82) is 0 Å². The quantitative estimate of drug-likeness (QED) is 0.708. The third kappa shape index (κ3) is 7.27. The summed E-state index contributed by atoms with van der Waals surface area (Å²) in [4.78, 5) is 23.6. The average molecular weight is 425 g/mol. The van der Waals surface area contributed by atoms with Crippen molar-refractivity contribution in [3.63, 3.8) is 0 Å². The second-order valence-electron chi connectivity index (χ2n) is 5.46. The number of nitrogens with one attached hydrogen (secondary N) is 2. The standard InChI is InChI=1S/C18H18BrFN2O2S/c1-12-2-4-16(5-3-12)22-18(24)11-25-10-17(23)21-9-13-6-14(19)8-15(20)7-13/h2-8H,9-11H2,1H3,(H,21,23)(H,22,24). The van der Waals surface area contributed by atoms with Crippen LogP contribution in [0.25, 0.3) is 0 Å². The number of thioether (sulfide) groups is 1. The maximum Gasteiger partial charge on any atom is 0.234 e. The number of aryl methyl sites for hydroxylation is 1. The van der Waals surface area contributed by atoms with Crippen LogP contribution in [0.4, 0.5) is 10.1 Å². The minimum absolute atomic E-state index is 0.157. The Kier molecular flexibility index (Phi) is 7.46. The van der Waals surface area contributed by atoms with Gasteiger partial charge in [0.15, 0.2) is 0 Å². The summed E-state index contributed by atoms with van der Waals surface area (Å²) < 4.78 is 13.9. The second kappa shape index (κ2) is 9.58. The summed E-state index contributed by atoms with van der Waals surface area (Å²) in [6, 6.07) is 12.0. The molecule has 0 saturated heterocycles. The van der Waals surface area contributed by atoms with E-state index in [1.807, 2.05) is 31.2 Å². The Morgan fingerprint density at radius 2 is 1.76 bits per heavy atom. The van der Waals surface area contributed by atoms with Crippen LogP contribution in [-0.4, -0.2) is 23.3 Å². The molecule has 0 aliphatic rings. The molecule has 2 amide bonds. The lowest BCUT2D eigenvalue weighted by Gasteiger charge is -2.07. The molecule has 0 radical (unpaired) electrons. The first-order chi connectivity index (χ1) is 11.9. The van der Waals surface area contributed by atoms with Gasteiger partial charge >= 0.3 is 0 Å². The van der Waals surface area contributed by atoms with Gasteiger partial charge in [-0.2, -0.15) is 0 Å². The van der Waals surface area contributed by atoms with Crippen molar-refractivity contribution in [2.45, 2.75) is 13.5 Å². The topological polar surface area (TPSA) is 58.2 Å². The van der Waals surface area contributed by atoms with Crippen molar-refractivity contribution in [1.82, 2.24) is 5.32 Å². The zero-order valence-corrected chi connectivity index (χ0v) is 16.0. The van der Waals surface area contributed by atoms with Gasteiger partial charge in [-0.3, -0.25) is 9.59 Å². The predicted octanol–water partition coefficient (Wildman–Crippen LogP) is 3.88. The molecule has 0 unspecified atom stereocenters. The van der Waals surface area contributed by atoms with E-state index in [-0.39, 0.29) is 35.7 Å². The molecule has 132 valence electrons. The highest BCUT2D eigenvalue weighted by atomic mass is 79.9. The fourth-order valence-corrected chi connectivity index (χ4v) is 3.19. The van der Waals surface area contributed by atoms with Crippen LogP contribution < -0.4 is 10.6 Å². The Bertz CT molecular complexity index is 733. The van der Waals surface area contributed by atoms with Crippen molar-refractivity contribution in [2.75, 3.05) is 16.8 Å². The molecule has 0 atom stereocenters. The molecule has 7 heteroatoms. The Balaban J connectivity index is 1.67. The molecule has 0 aliphatic carbocycles. The molecule has 2 rings (SSSR count). The molecular formula is C18H18BrFN2O2S. The van der Waals surface area contributed by atoms with E-state index in [1.165, 1.54) is 23.9 Å². The average Bonchev–Trinajstić information content (AvgIpc) is 2.54. The summed E-state index contributed by atoms with van der Waals surface area (Å²) in [5.74, 6) is -0.366. The minimum atomic E-state index is -0.360. The summed E-state index contributed by atoms with van der Waals surface area (Å²) >= 11 is 4.43. The molecule has 0 fully saturated rings. The molecule has 0 heterocycles. The van der Waals surface area contributed by atoms with Crippen molar-refractivity contribution in [3.8, 4) is 0 Å². The number of amides is 2. The number of carbonyl (C=O) groups excluding carboxylic acids is 2. The second-order valence-corrected chi connectivity index (χ2v) is 7.36. The number of halogens is 2. The van der Waals surface area contributed by atoms with Gasteiger partial charge in [0.25, 0.3) is 0 Å². The zero-order chi connectivity index (χ0) is 18.2. The normalized spacial score (nSPS) is 10.4. The molecule has 0 aromatic heterocycles. The fraction of sp³-hybridized carbons (Fsp3) is 0.222. The Morgan fingerprint density at radius 1 is 1.08 bits per heavy atom. The van der Waals surface area contributed by atoms with E-state index in [0.717, 1.165) is 11.3 Å². The molecule has 0 aliphatic heterocycles. The largest absolute Gasteiger partial charge is 0.351 e. The summed E-state index contributed by atoms with van der Waals surface area (Å²) in [5.41, 5.74) is 2.52. The Hall–Kier alpha value is -1.86. The van der Waals surface area contributed by atoms with Gasteiger partial charge in [0.05, 0.1) is 11.5 Å². The Morgan fingerprint density at radius 3 is 2.44 bits per heavy atom. The molecule has 25 heavy (non-hydrogen) atoms. The highest BCUT2D eigenvalue weighted by molar-refractivity contribution is 9.10. The van der Waals surface area contributed by atoms with Gasteiger partial charge < -0.3 is 10.6 Å². The van der Waals surface area contributed by atoms with E-state index in [9.17, 15) is 14.0 Å². The van der Waals surface area contributed by atoms with E-state index in [1.54, 1.807) is 6.07 Å². The van der Waals surface area contributed by atoms with Gasteiger partial charge in [0, 0.05) is 16.7 Å². The van der Waals surface area contributed by atoms with Crippen molar-refractivity contribution >= 4 is 45.2 Å². The molecule has 2 aromatic carbocycles. The SMILES string of the molecule is Cc1ccc(NC(=O)CSCC(=O)NCc2cc(F)cc(Br)c2)cc1. The predicted molar refractivity (Wildman–Crippen MR) is 103 cm³/mol. The van der Waals surface area contributed by atoms with E-state index in [2.05, 4.69) is 26.6 Å². The molecule has 4 nitrogen and oxygen atoms in total. The highest BCUT2D eigenvalue weighted by Gasteiger charge is 2.07. The van der Waals surface area contributed by atoms with Crippen LogP contribution in [0.1, 0.15) is 11.1 Å². The van der Waals surface area contributed by atoms with Crippen LogP contribution in [0.5, 0.6) is 0 Å².